The number of nitrogens with zero attached hydrogens (tertiary/aromatic N) is 2. The summed E-state index contributed by atoms with van der Waals surface area (Å²) in [6.07, 6.45) is 0. The maximum absolute atomic E-state index is 14.0. The lowest BCUT2D eigenvalue weighted by atomic mass is 10.1. The molecule has 21 heavy (non-hydrogen) atoms. The zero-order valence-electron chi connectivity index (χ0n) is 11.4. The molecule has 106 valence electrons. The van der Waals surface area contributed by atoms with E-state index in [9.17, 15) is 8.78 Å². The van der Waals surface area contributed by atoms with Gasteiger partial charge in [0, 0.05) is 10.9 Å². The zero-order chi connectivity index (χ0) is 15.1. The van der Waals surface area contributed by atoms with E-state index in [1.807, 2.05) is 6.92 Å². The minimum absolute atomic E-state index is 0.175. The lowest BCUT2D eigenvalue weighted by Gasteiger charge is -2.09. The second kappa shape index (κ2) is 5.04. The SMILES string of the molecule is Cc1cc(F)ccc1-c1nc(Cl)c2c(C)ccc(F)c2n1. The van der Waals surface area contributed by atoms with Crippen LogP contribution in [-0.2, 0) is 0 Å². The van der Waals surface area contributed by atoms with Crippen LogP contribution in [0.4, 0.5) is 8.78 Å². The Labute approximate surface area is 125 Å². The van der Waals surface area contributed by atoms with Crippen molar-refractivity contribution in [3.63, 3.8) is 0 Å². The van der Waals surface area contributed by atoms with Crippen molar-refractivity contribution >= 4 is 22.5 Å². The van der Waals surface area contributed by atoms with Crippen molar-refractivity contribution in [2.45, 2.75) is 13.8 Å². The molecular formula is C16H11ClF2N2. The molecule has 1 aromatic heterocycles. The molecule has 0 fully saturated rings. The summed E-state index contributed by atoms with van der Waals surface area (Å²) in [4.78, 5) is 8.49. The maximum atomic E-state index is 14.0. The number of aromatic nitrogens is 2. The molecule has 0 saturated carbocycles. The third-order valence-corrected chi connectivity index (χ3v) is 3.67. The quantitative estimate of drug-likeness (QED) is 0.601. The van der Waals surface area contributed by atoms with Gasteiger partial charge in [-0.3, -0.25) is 0 Å². The van der Waals surface area contributed by atoms with Crippen LogP contribution in [0.5, 0.6) is 0 Å². The summed E-state index contributed by atoms with van der Waals surface area (Å²) < 4.78 is 27.2. The van der Waals surface area contributed by atoms with Crippen LogP contribution in [0.2, 0.25) is 5.15 Å². The predicted molar refractivity (Wildman–Crippen MR) is 79.4 cm³/mol. The number of benzene rings is 2. The van der Waals surface area contributed by atoms with Crippen LogP contribution in [0, 0.1) is 25.5 Å². The molecule has 5 heteroatoms. The van der Waals surface area contributed by atoms with Crippen LogP contribution in [0.25, 0.3) is 22.3 Å². The summed E-state index contributed by atoms with van der Waals surface area (Å²) in [5.41, 5.74) is 2.27. The van der Waals surface area contributed by atoms with E-state index in [4.69, 9.17) is 11.6 Å². The minimum Gasteiger partial charge on any atom is -0.225 e. The number of aryl methyl sites for hydroxylation is 2. The summed E-state index contributed by atoms with van der Waals surface area (Å²) in [6.45, 7) is 3.56. The summed E-state index contributed by atoms with van der Waals surface area (Å²) in [7, 11) is 0. The number of rotatable bonds is 1. The lowest BCUT2D eigenvalue weighted by Crippen LogP contribution is -1.97. The smallest absolute Gasteiger partial charge is 0.161 e. The average Bonchev–Trinajstić information content (AvgIpc) is 2.42. The third-order valence-electron chi connectivity index (χ3n) is 3.39. The van der Waals surface area contributed by atoms with Crippen molar-refractivity contribution in [1.29, 1.82) is 0 Å². The molecule has 0 aliphatic heterocycles. The molecule has 0 aliphatic carbocycles. The molecule has 1 heterocycles. The predicted octanol–water partition coefficient (Wildman–Crippen LogP) is 4.85. The highest BCUT2D eigenvalue weighted by molar-refractivity contribution is 6.34. The molecule has 0 bridgehead atoms. The molecule has 0 saturated heterocycles. The number of fused-ring (bicyclic) bond motifs is 1. The number of hydrogen-bond acceptors (Lipinski definition) is 2. The molecule has 0 amide bonds. The fourth-order valence-corrected chi connectivity index (χ4v) is 2.63. The lowest BCUT2D eigenvalue weighted by molar-refractivity contribution is 0.626. The molecule has 0 spiro atoms. The average molecular weight is 305 g/mol. The van der Waals surface area contributed by atoms with E-state index < -0.39 is 5.82 Å². The van der Waals surface area contributed by atoms with Crippen LogP contribution in [0.3, 0.4) is 0 Å². The van der Waals surface area contributed by atoms with Gasteiger partial charge >= 0.3 is 0 Å². The molecule has 3 rings (SSSR count). The third kappa shape index (κ3) is 2.36. The van der Waals surface area contributed by atoms with Crippen LogP contribution in [-0.4, -0.2) is 9.97 Å². The first kappa shape index (κ1) is 13.9. The largest absolute Gasteiger partial charge is 0.225 e. The van der Waals surface area contributed by atoms with Crippen molar-refractivity contribution in [2.75, 3.05) is 0 Å². The Morgan fingerprint density at radius 2 is 1.71 bits per heavy atom. The molecule has 2 aromatic carbocycles. The van der Waals surface area contributed by atoms with Crippen LogP contribution in [0.1, 0.15) is 11.1 Å². The van der Waals surface area contributed by atoms with Crippen LogP contribution < -0.4 is 0 Å². The van der Waals surface area contributed by atoms with Gasteiger partial charge in [-0.05, 0) is 49.2 Å². The van der Waals surface area contributed by atoms with Gasteiger partial charge in [0.05, 0.1) is 0 Å². The van der Waals surface area contributed by atoms with Gasteiger partial charge in [0.2, 0.25) is 0 Å². The number of halogens is 3. The fourth-order valence-electron chi connectivity index (χ4n) is 2.31. The first-order chi connectivity index (χ1) is 9.97. The second-order valence-corrected chi connectivity index (χ2v) is 5.24. The van der Waals surface area contributed by atoms with Gasteiger partial charge in [0.1, 0.15) is 22.3 Å². The topological polar surface area (TPSA) is 25.8 Å². The van der Waals surface area contributed by atoms with Crippen LogP contribution >= 0.6 is 11.6 Å². The summed E-state index contributed by atoms with van der Waals surface area (Å²) in [6, 6.07) is 7.24. The van der Waals surface area contributed by atoms with Crippen molar-refractivity contribution in [1.82, 2.24) is 9.97 Å². The molecular weight excluding hydrogens is 294 g/mol. The summed E-state index contributed by atoms with van der Waals surface area (Å²) >= 11 is 6.18. The Hall–Kier alpha value is -2.07. The minimum atomic E-state index is -0.457. The first-order valence-electron chi connectivity index (χ1n) is 6.36. The van der Waals surface area contributed by atoms with E-state index in [0.717, 1.165) is 5.56 Å². The van der Waals surface area contributed by atoms with E-state index in [-0.39, 0.29) is 22.3 Å². The number of hydrogen-bond donors (Lipinski definition) is 0. The van der Waals surface area contributed by atoms with Gasteiger partial charge in [-0.15, -0.1) is 0 Å². The highest BCUT2D eigenvalue weighted by atomic mass is 35.5. The molecule has 0 aliphatic rings. The second-order valence-electron chi connectivity index (χ2n) is 4.89. The Morgan fingerprint density at radius 3 is 2.43 bits per heavy atom. The van der Waals surface area contributed by atoms with Gasteiger partial charge in [0.15, 0.2) is 5.82 Å². The van der Waals surface area contributed by atoms with Crippen molar-refractivity contribution < 1.29 is 8.78 Å². The first-order valence-corrected chi connectivity index (χ1v) is 6.74. The molecule has 3 aromatic rings. The zero-order valence-corrected chi connectivity index (χ0v) is 12.2. The van der Waals surface area contributed by atoms with Gasteiger partial charge in [-0.25, -0.2) is 18.7 Å². The fraction of sp³-hybridized carbons (Fsp3) is 0.125. The van der Waals surface area contributed by atoms with Crippen molar-refractivity contribution in [3.8, 4) is 11.4 Å². The Kier molecular flexibility index (Phi) is 3.33. The van der Waals surface area contributed by atoms with E-state index in [2.05, 4.69) is 9.97 Å². The molecule has 0 radical (unpaired) electrons. The van der Waals surface area contributed by atoms with Crippen molar-refractivity contribution in [2.24, 2.45) is 0 Å². The van der Waals surface area contributed by atoms with E-state index in [1.165, 1.54) is 18.2 Å². The molecule has 2 nitrogen and oxygen atoms in total. The molecule has 0 atom stereocenters. The van der Waals surface area contributed by atoms with Gasteiger partial charge < -0.3 is 0 Å². The summed E-state index contributed by atoms with van der Waals surface area (Å²) in [5, 5.41) is 0.691. The summed E-state index contributed by atoms with van der Waals surface area (Å²) in [5.74, 6) is -0.513. The Morgan fingerprint density at radius 1 is 0.952 bits per heavy atom. The highest BCUT2D eigenvalue weighted by Gasteiger charge is 2.14. The standard InChI is InChI=1S/C16H11ClF2N2/c1-8-3-6-12(19)14-13(8)15(17)21-16(20-14)11-5-4-10(18)7-9(11)2/h3-7H,1-2H3. The van der Waals surface area contributed by atoms with Crippen LogP contribution in [0.15, 0.2) is 30.3 Å². The van der Waals surface area contributed by atoms with Gasteiger partial charge in [-0.2, -0.15) is 0 Å². The maximum Gasteiger partial charge on any atom is 0.161 e. The van der Waals surface area contributed by atoms with E-state index in [1.54, 1.807) is 19.1 Å². The Bertz CT molecular complexity index is 863. The van der Waals surface area contributed by atoms with Gasteiger partial charge in [0.25, 0.3) is 0 Å². The molecule has 0 unspecified atom stereocenters. The highest BCUT2D eigenvalue weighted by Crippen LogP contribution is 2.30. The monoisotopic (exact) mass is 304 g/mol. The normalized spacial score (nSPS) is 11.1. The molecule has 0 N–H and O–H groups in total. The van der Waals surface area contributed by atoms with Gasteiger partial charge in [-0.1, -0.05) is 17.7 Å². The van der Waals surface area contributed by atoms with E-state index >= 15 is 0 Å². The van der Waals surface area contributed by atoms with E-state index in [0.29, 0.717) is 16.5 Å². The van der Waals surface area contributed by atoms with Crippen molar-refractivity contribution in [3.05, 3.63) is 58.2 Å². The Balaban J connectivity index is 2.33.